The molecule has 1 aliphatic heterocycles. The molecule has 4 aromatic heterocycles. The monoisotopic (exact) mass is 958 g/mol. The standard InChI is InChI=1S/C69H46N6/c1-4-12-53-42(3)71-62-32-25-46(38-58(53)62)48-27-33-65-59(40-48)55-17-7-9-19-63(55)74(65)51-28-21-44(22-29-51)67-57-30-23-43-13-5-6-16-54(43)68(57)73-69(72-67)49-14-11-15-52(37-49)75-64-20-10-8-18-56(64)60-39-47(26-34-66(60)75)45-24-31-61-50(36-45)35-41(2)70-61/h4-34,36-40,70-71H,1-3,35H2/b53-12+. The summed E-state index contributed by atoms with van der Waals surface area (Å²) in [5.41, 5.74) is 19.7. The fraction of sp³-hybridized carbons (Fsp3) is 0.0145. The molecule has 6 heteroatoms. The van der Waals surface area contributed by atoms with Crippen LogP contribution in [-0.4, -0.2) is 24.1 Å². The van der Waals surface area contributed by atoms with E-state index in [9.17, 15) is 0 Å². The van der Waals surface area contributed by atoms with Crippen LogP contribution in [0.5, 0.6) is 0 Å². The van der Waals surface area contributed by atoms with Crippen LogP contribution in [0.15, 0.2) is 231 Å². The summed E-state index contributed by atoms with van der Waals surface area (Å²) in [4.78, 5) is 14.3. The summed E-state index contributed by atoms with van der Waals surface area (Å²) < 4.78 is 4.75. The SMILES string of the molecule is C=C/C=c1\c(=C)[nH]c2ccc(-c3ccc4c(c3)c3ccccc3n4-c3ccc(-c4nc(-c5cccc(-n6c7ccccc7c7cc(-c8ccc9c(c8)CC(=C)N9)ccc76)c5)nc5c4ccc4ccccc45)cc3)cc12. The molecule has 1 aliphatic rings. The molecule has 0 amide bonds. The summed E-state index contributed by atoms with van der Waals surface area (Å²) in [6, 6.07) is 74.8. The number of para-hydroxylation sites is 2. The molecule has 0 saturated heterocycles. The third kappa shape index (κ3) is 6.73. The summed E-state index contributed by atoms with van der Waals surface area (Å²) >= 11 is 0. The Bertz CT molecular complexity index is 4890. The maximum Gasteiger partial charge on any atom is 0.160 e. The zero-order valence-corrected chi connectivity index (χ0v) is 40.9. The van der Waals surface area contributed by atoms with Crippen molar-refractivity contribution in [3.05, 3.63) is 247 Å². The summed E-state index contributed by atoms with van der Waals surface area (Å²) in [7, 11) is 0. The van der Waals surface area contributed by atoms with Gasteiger partial charge >= 0.3 is 0 Å². The van der Waals surface area contributed by atoms with Gasteiger partial charge in [-0.25, -0.2) is 9.97 Å². The second-order valence-electron chi connectivity index (χ2n) is 19.8. The number of rotatable bonds is 7. The molecule has 14 aromatic rings. The Morgan fingerprint density at radius 3 is 1.80 bits per heavy atom. The number of aromatic amines is 1. The Hall–Kier alpha value is -10.0. The number of aromatic nitrogens is 5. The maximum absolute atomic E-state index is 5.49. The van der Waals surface area contributed by atoms with E-state index in [1.165, 1.54) is 38.2 Å². The van der Waals surface area contributed by atoms with Gasteiger partial charge in [0, 0.05) is 94.1 Å². The van der Waals surface area contributed by atoms with Gasteiger partial charge in [-0.05, 0) is 124 Å². The van der Waals surface area contributed by atoms with Crippen LogP contribution in [-0.2, 0) is 6.42 Å². The Labute approximate surface area is 431 Å². The molecule has 0 unspecified atom stereocenters. The summed E-state index contributed by atoms with van der Waals surface area (Å²) in [6.07, 6.45) is 4.69. The molecule has 0 spiro atoms. The molecule has 0 radical (unpaired) electrons. The maximum atomic E-state index is 5.49. The number of benzene rings is 10. The van der Waals surface area contributed by atoms with Gasteiger partial charge in [-0.1, -0.05) is 147 Å². The minimum absolute atomic E-state index is 0.673. The highest BCUT2D eigenvalue weighted by Crippen LogP contribution is 2.40. The van der Waals surface area contributed by atoms with Gasteiger partial charge in [-0.3, -0.25) is 0 Å². The quantitative estimate of drug-likeness (QED) is 0.156. The van der Waals surface area contributed by atoms with Gasteiger partial charge in [0.05, 0.1) is 33.3 Å². The van der Waals surface area contributed by atoms with Gasteiger partial charge in [-0.15, -0.1) is 0 Å². The Morgan fingerprint density at radius 1 is 0.453 bits per heavy atom. The van der Waals surface area contributed by atoms with Crippen molar-refractivity contribution in [3.63, 3.8) is 0 Å². The first-order chi connectivity index (χ1) is 36.9. The molecule has 0 fully saturated rings. The van der Waals surface area contributed by atoms with Crippen molar-refractivity contribution >= 4 is 94.5 Å². The summed E-state index contributed by atoms with van der Waals surface area (Å²) in [5, 5.41) is 14.6. The van der Waals surface area contributed by atoms with Crippen LogP contribution in [0, 0.1) is 0 Å². The topological polar surface area (TPSA) is 63.5 Å². The first kappa shape index (κ1) is 42.6. The third-order valence-electron chi connectivity index (χ3n) is 15.4. The molecule has 5 heterocycles. The molecule has 0 atom stereocenters. The molecule has 15 rings (SSSR count). The van der Waals surface area contributed by atoms with Crippen LogP contribution in [0.2, 0.25) is 0 Å². The lowest BCUT2D eigenvalue weighted by molar-refractivity contribution is 1.17. The largest absolute Gasteiger partial charge is 0.359 e. The molecule has 6 nitrogen and oxygen atoms in total. The van der Waals surface area contributed by atoms with Crippen molar-refractivity contribution in [1.29, 1.82) is 0 Å². The van der Waals surface area contributed by atoms with Crippen molar-refractivity contribution in [1.82, 2.24) is 24.1 Å². The first-order valence-corrected chi connectivity index (χ1v) is 25.4. The van der Waals surface area contributed by atoms with Gasteiger partial charge < -0.3 is 19.4 Å². The molecule has 2 N–H and O–H groups in total. The number of fused-ring (bicyclic) bond motifs is 11. The molecular formula is C69H46N6. The number of hydrogen-bond donors (Lipinski definition) is 2. The Kier molecular flexibility index (Phi) is 9.38. The average molecular weight is 959 g/mol. The van der Waals surface area contributed by atoms with Gasteiger partial charge in [0.25, 0.3) is 0 Å². The summed E-state index contributed by atoms with van der Waals surface area (Å²) in [6.45, 7) is 12.3. The normalized spacial score (nSPS) is 12.8. The lowest BCUT2D eigenvalue weighted by Gasteiger charge is -2.14. The Balaban J connectivity index is 0.839. The van der Waals surface area contributed by atoms with Crippen molar-refractivity contribution < 1.29 is 0 Å². The van der Waals surface area contributed by atoms with Crippen molar-refractivity contribution in [3.8, 4) is 56.3 Å². The highest BCUT2D eigenvalue weighted by molar-refractivity contribution is 6.13. The fourth-order valence-electron chi connectivity index (χ4n) is 11.9. The number of nitrogens with one attached hydrogen (secondary N) is 2. The molecule has 75 heavy (non-hydrogen) atoms. The minimum atomic E-state index is 0.673. The molecule has 352 valence electrons. The molecule has 0 aliphatic carbocycles. The highest BCUT2D eigenvalue weighted by Gasteiger charge is 2.20. The van der Waals surface area contributed by atoms with Crippen molar-refractivity contribution in [2.45, 2.75) is 6.42 Å². The predicted octanol–water partition coefficient (Wildman–Crippen LogP) is 16.0. The number of nitrogens with zero attached hydrogens (tertiary/aromatic N) is 4. The molecule has 0 saturated carbocycles. The lowest BCUT2D eigenvalue weighted by atomic mass is 9.99. The number of H-pyrrole nitrogens is 1. The minimum Gasteiger partial charge on any atom is -0.359 e. The van der Waals surface area contributed by atoms with Crippen LogP contribution in [0.25, 0.3) is 145 Å². The van der Waals surface area contributed by atoms with E-state index < -0.39 is 0 Å². The fourth-order valence-corrected chi connectivity index (χ4v) is 11.9. The smallest absolute Gasteiger partial charge is 0.160 e. The zero-order chi connectivity index (χ0) is 49.9. The number of hydrogen-bond acceptors (Lipinski definition) is 3. The van der Waals surface area contributed by atoms with E-state index >= 15 is 0 Å². The second kappa shape index (κ2) is 16.5. The highest BCUT2D eigenvalue weighted by atomic mass is 15.0. The van der Waals surface area contributed by atoms with Gasteiger partial charge in [-0.2, -0.15) is 0 Å². The van der Waals surface area contributed by atoms with Gasteiger partial charge in [0.15, 0.2) is 5.82 Å². The van der Waals surface area contributed by atoms with E-state index in [0.29, 0.717) is 5.82 Å². The molecule has 0 bridgehead atoms. The van der Waals surface area contributed by atoms with Crippen LogP contribution in [0.1, 0.15) is 5.56 Å². The van der Waals surface area contributed by atoms with Gasteiger partial charge in [0.2, 0.25) is 0 Å². The van der Waals surface area contributed by atoms with Crippen molar-refractivity contribution in [2.75, 3.05) is 5.32 Å². The third-order valence-corrected chi connectivity index (χ3v) is 15.4. The van der Waals surface area contributed by atoms with E-state index in [1.54, 1.807) is 0 Å². The number of anilines is 1. The Morgan fingerprint density at radius 2 is 1.07 bits per heavy atom. The van der Waals surface area contributed by atoms with E-state index in [1.807, 2.05) is 12.2 Å². The zero-order valence-electron chi connectivity index (χ0n) is 40.9. The van der Waals surface area contributed by atoms with Crippen molar-refractivity contribution in [2.24, 2.45) is 0 Å². The lowest BCUT2D eigenvalue weighted by Crippen LogP contribution is -2.20. The number of allylic oxidation sites excluding steroid dienone is 2. The van der Waals surface area contributed by atoms with Crippen LogP contribution >= 0.6 is 0 Å². The van der Waals surface area contributed by atoms with E-state index in [0.717, 1.165) is 122 Å². The first-order valence-electron chi connectivity index (χ1n) is 25.4. The van der Waals surface area contributed by atoms with Crippen LogP contribution < -0.4 is 15.9 Å². The van der Waals surface area contributed by atoms with Gasteiger partial charge in [0.1, 0.15) is 0 Å². The van der Waals surface area contributed by atoms with Crippen LogP contribution in [0.4, 0.5) is 5.69 Å². The van der Waals surface area contributed by atoms with Crippen LogP contribution in [0.3, 0.4) is 0 Å². The molecular weight excluding hydrogens is 913 g/mol. The second-order valence-corrected chi connectivity index (χ2v) is 19.8. The van der Waals surface area contributed by atoms with E-state index in [-0.39, 0.29) is 0 Å². The summed E-state index contributed by atoms with van der Waals surface area (Å²) in [5.74, 6) is 0.673. The predicted molar refractivity (Wildman–Crippen MR) is 315 cm³/mol. The molecule has 10 aromatic carbocycles. The van der Waals surface area contributed by atoms with E-state index in [2.05, 4.69) is 245 Å². The van der Waals surface area contributed by atoms with E-state index in [4.69, 9.17) is 9.97 Å². The average Bonchev–Trinajstić information content (AvgIpc) is 4.21.